The van der Waals surface area contributed by atoms with Crippen molar-refractivity contribution in [1.82, 2.24) is 0 Å². The number of halogens is 1. The predicted octanol–water partition coefficient (Wildman–Crippen LogP) is 4.22. The Bertz CT molecular complexity index is 284. The third-order valence-corrected chi connectivity index (χ3v) is 2.57. The molecule has 0 bridgehead atoms. The van der Waals surface area contributed by atoms with Gasteiger partial charge in [0.2, 0.25) is 0 Å². The molecule has 0 aliphatic heterocycles. The molecule has 0 atom stereocenters. The maximum Gasteiger partial charge on any atom is 0.119 e. The summed E-state index contributed by atoms with van der Waals surface area (Å²) >= 11 is 5.91. The number of unbranched alkanes of at least 4 members (excludes halogenated alkanes) is 2. The second-order valence-electron chi connectivity index (χ2n) is 3.47. The van der Waals surface area contributed by atoms with Crippen LogP contribution in [0, 0.1) is 6.92 Å². The highest BCUT2D eigenvalue weighted by Crippen LogP contribution is 2.21. The molecule has 0 radical (unpaired) electrons. The van der Waals surface area contributed by atoms with Crippen LogP contribution in [0.5, 0.6) is 5.75 Å². The monoisotopic (exact) mass is 212 g/mol. The summed E-state index contributed by atoms with van der Waals surface area (Å²) in [7, 11) is 0. The quantitative estimate of drug-likeness (QED) is 0.665. The van der Waals surface area contributed by atoms with Crippen molar-refractivity contribution in [3.63, 3.8) is 0 Å². The summed E-state index contributed by atoms with van der Waals surface area (Å²) in [5.41, 5.74) is 1.07. The summed E-state index contributed by atoms with van der Waals surface area (Å²) in [4.78, 5) is 0. The van der Waals surface area contributed by atoms with Gasteiger partial charge in [0, 0.05) is 5.02 Å². The molecule has 14 heavy (non-hydrogen) atoms. The lowest BCUT2D eigenvalue weighted by Crippen LogP contribution is -1.97. The molecule has 0 amide bonds. The minimum atomic E-state index is 0.797. The number of hydrogen-bond donors (Lipinski definition) is 0. The predicted molar refractivity (Wildman–Crippen MR) is 61.2 cm³/mol. The Hall–Kier alpha value is -0.690. The first kappa shape index (κ1) is 11.4. The second kappa shape index (κ2) is 5.92. The van der Waals surface area contributed by atoms with E-state index in [4.69, 9.17) is 16.3 Å². The smallest absolute Gasteiger partial charge is 0.119 e. The maximum absolute atomic E-state index is 5.91. The zero-order valence-corrected chi connectivity index (χ0v) is 9.60. The van der Waals surface area contributed by atoms with E-state index in [1.807, 2.05) is 25.1 Å². The molecule has 0 aliphatic rings. The molecule has 0 aromatic heterocycles. The fourth-order valence-electron chi connectivity index (χ4n) is 1.25. The molecule has 0 spiro atoms. The average molecular weight is 213 g/mol. The molecule has 1 nitrogen and oxygen atoms in total. The molecule has 0 heterocycles. The van der Waals surface area contributed by atoms with E-state index in [0.717, 1.165) is 29.4 Å². The molecule has 78 valence electrons. The summed E-state index contributed by atoms with van der Waals surface area (Å²) in [6.45, 7) is 4.97. The molecule has 0 saturated carbocycles. The van der Waals surface area contributed by atoms with E-state index in [-0.39, 0.29) is 0 Å². The van der Waals surface area contributed by atoms with E-state index in [2.05, 4.69) is 6.92 Å². The fourth-order valence-corrected chi connectivity index (χ4v) is 1.37. The number of ether oxygens (including phenoxy) is 1. The van der Waals surface area contributed by atoms with Crippen molar-refractivity contribution in [2.75, 3.05) is 6.61 Å². The van der Waals surface area contributed by atoms with Crippen LogP contribution >= 0.6 is 11.6 Å². The van der Waals surface area contributed by atoms with E-state index in [1.165, 1.54) is 12.8 Å². The van der Waals surface area contributed by atoms with Crippen LogP contribution in [0.1, 0.15) is 31.7 Å². The molecular weight excluding hydrogens is 196 g/mol. The van der Waals surface area contributed by atoms with E-state index in [0.29, 0.717) is 0 Å². The Kier molecular flexibility index (Phi) is 4.81. The second-order valence-corrected chi connectivity index (χ2v) is 3.87. The topological polar surface area (TPSA) is 9.23 Å². The largest absolute Gasteiger partial charge is 0.494 e. The molecular formula is C12H17ClO. The van der Waals surface area contributed by atoms with Crippen molar-refractivity contribution >= 4 is 11.6 Å². The first-order valence-electron chi connectivity index (χ1n) is 5.13. The van der Waals surface area contributed by atoms with Crippen molar-refractivity contribution < 1.29 is 4.74 Å². The summed E-state index contributed by atoms with van der Waals surface area (Å²) in [5.74, 6) is 0.919. The van der Waals surface area contributed by atoms with Crippen LogP contribution in [0.25, 0.3) is 0 Å². The van der Waals surface area contributed by atoms with Gasteiger partial charge in [0.05, 0.1) is 6.61 Å². The van der Waals surface area contributed by atoms with Gasteiger partial charge < -0.3 is 4.74 Å². The van der Waals surface area contributed by atoms with Gasteiger partial charge in [-0.15, -0.1) is 0 Å². The van der Waals surface area contributed by atoms with Gasteiger partial charge in [-0.1, -0.05) is 31.4 Å². The van der Waals surface area contributed by atoms with Gasteiger partial charge in [-0.05, 0) is 37.1 Å². The van der Waals surface area contributed by atoms with Gasteiger partial charge in [0.25, 0.3) is 0 Å². The van der Waals surface area contributed by atoms with Crippen molar-refractivity contribution in [2.24, 2.45) is 0 Å². The van der Waals surface area contributed by atoms with Crippen molar-refractivity contribution in [3.8, 4) is 5.75 Å². The van der Waals surface area contributed by atoms with Gasteiger partial charge in [-0.3, -0.25) is 0 Å². The van der Waals surface area contributed by atoms with Crippen LogP contribution in [0.2, 0.25) is 5.02 Å². The Morgan fingerprint density at radius 3 is 2.71 bits per heavy atom. The first-order valence-corrected chi connectivity index (χ1v) is 5.50. The standard InChI is InChI=1S/C12H17ClO/c1-3-4-5-8-14-11-6-7-12(13)10(2)9-11/h6-7,9H,3-5,8H2,1-2H3. The van der Waals surface area contributed by atoms with Gasteiger partial charge >= 0.3 is 0 Å². The first-order chi connectivity index (χ1) is 6.74. The maximum atomic E-state index is 5.91. The van der Waals surface area contributed by atoms with Crippen LogP contribution < -0.4 is 4.74 Å². The van der Waals surface area contributed by atoms with Crippen molar-refractivity contribution in [2.45, 2.75) is 33.1 Å². The normalized spacial score (nSPS) is 10.2. The third kappa shape index (κ3) is 3.59. The molecule has 0 unspecified atom stereocenters. The number of rotatable bonds is 5. The number of hydrogen-bond acceptors (Lipinski definition) is 1. The van der Waals surface area contributed by atoms with E-state index in [1.54, 1.807) is 0 Å². The van der Waals surface area contributed by atoms with Gasteiger partial charge in [-0.25, -0.2) is 0 Å². The lowest BCUT2D eigenvalue weighted by atomic mass is 10.2. The summed E-state index contributed by atoms with van der Waals surface area (Å²) < 4.78 is 5.59. The molecule has 0 aliphatic carbocycles. The van der Waals surface area contributed by atoms with Crippen LogP contribution in [0.3, 0.4) is 0 Å². The van der Waals surface area contributed by atoms with Crippen molar-refractivity contribution in [1.29, 1.82) is 0 Å². The summed E-state index contributed by atoms with van der Waals surface area (Å²) in [5, 5.41) is 0.797. The highest BCUT2D eigenvalue weighted by molar-refractivity contribution is 6.31. The highest BCUT2D eigenvalue weighted by atomic mass is 35.5. The Morgan fingerprint density at radius 2 is 2.07 bits per heavy atom. The average Bonchev–Trinajstić information content (AvgIpc) is 2.18. The van der Waals surface area contributed by atoms with E-state index in [9.17, 15) is 0 Å². The van der Waals surface area contributed by atoms with E-state index < -0.39 is 0 Å². The molecule has 0 N–H and O–H groups in total. The third-order valence-electron chi connectivity index (χ3n) is 2.15. The van der Waals surface area contributed by atoms with E-state index >= 15 is 0 Å². The summed E-state index contributed by atoms with van der Waals surface area (Å²) in [6, 6.07) is 5.78. The Balaban J connectivity index is 2.39. The highest BCUT2D eigenvalue weighted by Gasteiger charge is 1.97. The zero-order valence-electron chi connectivity index (χ0n) is 8.85. The molecule has 0 saturated heterocycles. The lowest BCUT2D eigenvalue weighted by Gasteiger charge is -2.06. The lowest BCUT2D eigenvalue weighted by molar-refractivity contribution is 0.306. The minimum absolute atomic E-state index is 0.797. The SMILES string of the molecule is CCCCCOc1ccc(Cl)c(C)c1. The van der Waals surface area contributed by atoms with Crippen LogP contribution in [0.4, 0.5) is 0 Å². The van der Waals surface area contributed by atoms with Crippen LogP contribution in [-0.4, -0.2) is 6.61 Å². The molecule has 1 rings (SSSR count). The van der Waals surface area contributed by atoms with Gasteiger partial charge in [0.15, 0.2) is 0 Å². The fraction of sp³-hybridized carbons (Fsp3) is 0.500. The zero-order chi connectivity index (χ0) is 10.4. The number of aryl methyl sites for hydroxylation is 1. The minimum Gasteiger partial charge on any atom is -0.494 e. The van der Waals surface area contributed by atoms with Gasteiger partial charge in [-0.2, -0.15) is 0 Å². The van der Waals surface area contributed by atoms with Crippen molar-refractivity contribution in [3.05, 3.63) is 28.8 Å². The van der Waals surface area contributed by atoms with Crippen LogP contribution in [0.15, 0.2) is 18.2 Å². The molecule has 2 heteroatoms. The molecule has 1 aromatic carbocycles. The number of benzene rings is 1. The Morgan fingerprint density at radius 1 is 1.29 bits per heavy atom. The van der Waals surface area contributed by atoms with Crippen LogP contribution in [-0.2, 0) is 0 Å². The Labute approximate surface area is 91.0 Å². The van der Waals surface area contributed by atoms with Gasteiger partial charge in [0.1, 0.15) is 5.75 Å². The molecule has 1 aromatic rings. The summed E-state index contributed by atoms with van der Waals surface area (Å²) in [6.07, 6.45) is 3.58. The molecule has 0 fully saturated rings.